The first kappa shape index (κ1) is 13.5. The van der Waals surface area contributed by atoms with Crippen LogP contribution in [0.2, 0.25) is 0 Å². The van der Waals surface area contributed by atoms with E-state index in [-0.39, 0.29) is 5.75 Å². The number of fused-ring (bicyclic) bond motifs is 2. The van der Waals surface area contributed by atoms with Crippen molar-refractivity contribution in [3.63, 3.8) is 0 Å². The lowest BCUT2D eigenvalue weighted by Crippen LogP contribution is -2.19. The van der Waals surface area contributed by atoms with E-state index < -0.39 is 10.3 Å². The van der Waals surface area contributed by atoms with Gasteiger partial charge in [0.1, 0.15) is 18.1 Å². The molecule has 6 heteroatoms. The van der Waals surface area contributed by atoms with Crippen LogP contribution in [0.1, 0.15) is 37.7 Å². The zero-order valence-electron chi connectivity index (χ0n) is 11.1. The van der Waals surface area contributed by atoms with Gasteiger partial charge in [-0.3, -0.25) is 0 Å². The first-order valence-electron chi connectivity index (χ1n) is 6.73. The molecule has 1 aromatic rings. The van der Waals surface area contributed by atoms with Crippen LogP contribution in [0.15, 0.2) is 23.8 Å². The Bertz CT molecular complexity index is 664. The van der Waals surface area contributed by atoms with Gasteiger partial charge < -0.3 is 8.92 Å². The van der Waals surface area contributed by atoms with Gasteiger partial charge in [0, 0.05) is 11.6 Å². The van der Waals surface area contributed by atoms with Crippen LogP contribution < -0.4 is 14.1 Å². The average Bonchev–Trinajstić information content (AvgIpc) is 2.61. The van der Waals surface area contributed by atoms with E-state index in [1.165, 1.54) is 30.4 Å². The first-order valence-corrected chi connectivity index (χ1v) is 8.20. The molecule has 1 aliphatic carbocycles. The van der Waals surface area contributed by atoms with Crippen LogP contribution in [0, 0.1) is 0 Å². The number of hydrogen-bond donors (Lipinski definition) is 1. The van der Waals surface area contributed by atoms with Gasteiger partial charge in [0.2, 0.25) is 0 Å². The van der Waals surface area contributed by atoms with Crippen LogP contribution >= 0.6 is 0 Å². The van der Waals surface area contributed by atoms with E-state index >= 15 is 0 Å². The molecule has 20 heavy (non-hydrogen) atoms. The van der Waals surface area contributed by atoms with Crippen molar-refractivity contribution in [2.75, 3.05) is 6.61 Å². The van der Waals surface area contributed by atoms with Gasteiger partial charge in [-0.05, 0) is 49.0 Å². The molecule has 0 bridgehead atoms. The second-order valence-electron chi connectivity index (χ2n) is 5.17. The lowest BCUT2D eigenvalue weighted by atomic mass is 9.93. The predicted octanol–water partition coefficient (Wildman–Crippen LogP) is 2.38. The Morgan fingerprint density at radius 1 is 1.15 bits per heavy atom. The van der Waals surface area contributed by atoms with Crippen molar-refractivity contribution in [2.24, 2.45) is 5.14 Å². The number of benzene rings is 1. The summed E-state index contributed by atoms with van der Waals surface area (Å²) in [7, 11) is -4.00. The Hall–Kier alpha value is -1.53. The molecule has 0 atom stereocenters. The van der Waals surface area contributed by atoms with Crippen molar-refractivity contribution < 1.29 is 17.3 Å². The smallest absolute Gasteiger partial charge is 0.380 e. The summed E-state index contributed by atoms with van der Waals surface area (Å²) in [6.07, 6.45) is 5.79. The van der Waals surface area contributed by atoms with E-state index in [1.54, 1.807) is 12.1 Å². The highest BCUT2D eigenvalue weighted by Gasteiger charge is 2.22. The van der Waals surface area contributed by atoms with Crippen LogP contribution in [0.4, 0.5) is 0 Å². The van der Waals surface area contributed by atoms with Gasteiger partial charge in [-0.1, -0.05) is 6.42 Å². The summed E-state index contributed by atoms with van der Waals surface area (Å²) in [5, 5.41) is 4.87. The maximum Gasteiger partial charge on any atom is 0.380 e. The summed E-state index contributed by atoms with van der Waals surface area (Å²) in [6, 6.07) is 5.07. The molecular weight excluding hydrogens is 278 g/mol. The quantitative estimate of drug-likeness (QED) is 0.908. The van der Waals surface area contributed by atoms with Gasteiger partial charge >= 0.3 is 10.3 Å². The summed E-state index contributed by atoms with van der Waals surface area (Å²) in [5.74, 6) is 0.857. The van der Waals surface area contributed by atoms with Gasteiger partial charge in [-0.25, -0.2) is 0 Å². The molecule has 2 aliphatic rings. The third-order valence-electron chi connectivity index (χ3n) is 3.72. The fourth-order valence-corrected chi connectivity index (χ4v) is 3.22. The lowest BCUT2D eigenvalue weighted by molar-refractivity contribution is 0.339. The topological polar surface area (TPSA) is 78.6 Å². The van der Waals surface area contributed by atoms with Crippen molar-refractivity contribution in [1.29, 1.82) is 0 Å². The zero-order chi connectivity index (χ0) is 14.2. The van der Waals surface area contributed by atoms with Gasteiger partial charge in [-0.2, -0.15) is 13.6 Å². The highest BCUT2D eigenvalue weighted by molar-refractivity contribution is 7.84. The molecule has 0 spiro atoms. The number of rotatable bonds is 2. The Kier molecular flexibility index (Phi) is 3.43. The SMILES string of the molecule is NS(=O)(=O)Oc1ccc2c(c1)OCC1=C2CCCCC1. The van der Waals surface area contributed by atoms with Crippen molar-refractivity contribution in [3.8, 4) is 11.5 Å². The fraction of sp³-hybridized carbons (Fsp3) is 0.429. The third kappa shape index (κ3) is 2.81. The molecule has 1 aliphatic heterocycles. The minimum Gasteiger partial charge on any atom is -0.488 e. The Balaban J connectivity index is 1.96. The number of hydrogen-bond acceptors (Lipinski definition) is 4. The molecule has 0 amide bonds. The Labute approximate surface area is 118 Å². The zero-order valence-corrected chi connectivity index (χ0v) is 11.9. The standard InChI is InChI=1S/C14H17NO4S/c15-20(16,17)19-11-6-7-13-12-5-3-1-2-4-10(12)9-18-14(13)8-11/h6-8H,1-5,9H2,(H2,15,16,17). The van der Waals surface area contributed by atoms with Gasteiger partial charge in [0.15, 0.2) is 0 Å². The third-order valence-corrected chi connectivity index (χ3v) is 4.15. The van der Waals surface area contributed by atoms with Crippen molar-refractivity contribution in [1.82, 2.24) is 0 Å². The fourth-order valence-electron chi connectivity index (χ4n) is 2.85. The van der Waals surface area contributed by atoms with Crippen LogP contribution in [-0.2, 0) is 10.3 Å². The second kappa shape index (κ2) is 5.10. The minimum absolute atomic E-state index is 0.184. The largest absolute Gasteiger partial charge is 0.488 e. The van der Waals surface area contributed by atoms with Crippen molar-refractivity contribution in [2.45, 2.75) is 32.1 Å². The lowest BCUT2D eigenvalue weighted by Gasteiger charge is -2.23. The minimum atomic E-state index is -4.00. The van der Waals surface area contributed by atoms with E-state index in [9.17, 15) is 8.42 Å². The van der Waals surface area contributed by atoms with Crippen molar-refractivity contribution in [3.05, 3.63) is 29.3 Å². The highest BCUT2D eigenvalue weighted by Crippen LogP contribution is 2.41. The number of allylic oxidation sites excluding steroid dienone is 1. The molecule has 0 radical (unpaired) electrons. The molecule has 0 saturated carbocycles. The van der Waals surface area contributed by atoms with E-state index in [0.29, 0.717) is 12.4 Å². The Morgan fingerprint density at radius 2 is 1.95 bits per heavy atom. The van der Waals surface area contributed by atoms with Crippen molar-refractivity contribution >= 4 is 15.9 Å². The highest BCUT2D eigenvalue weighted by atomic mass is 32.2. The molecule has 1 aromatic carbocycles. The summed E-state index contributed by atoms with van der Waals surface area (Å²) in [5.41, 5.74) is 3.77. The molecule has 5 nitrogen and oxygen atoms in total. The van der Waals surface area contributed by atoms with E-state index in [0.717, 1.165) is 18.4 Å². The normalized spacial score (nSPS) is 18.6. The molecule has 2 N–H and O–H groups in total. The maximum atomic E-state index is 10.9. The Morgan fingerprint density at radius 3 is 2.75 bits per heavy atom. The molecular formula is C14H17NO4S. The van der Waals surface area contributed by atoms with Gasteiger partial charge in [-0.15, -0.1) is 0 Å². The van der Waals surface area contributed by atoms with Crippen LogP contribution in [0.25, 0.3) is 5.57 Å². The molecule has 0 unspecified atom stereocenters. The number of ether oxygens (including phenoxy) is 1. The summed E-state index contributed by atoms with van der Waals surface area (Å²) in [6.45, 7) is 0.584. The van der Waals surface area contributed by atoms with Crippen LogP contribution in [0.5, 0.6) is 11.5 Å². The summed E-state index contributed by atoms with van der Waals surface area (Å²) < 4.78 is 32.3. The molecule has 3 rings (SSSR count). The second-order valence-corrected chi connectivity index (χ2v) is 6.32. The van der Waals surface area contributed by atoms with E-state index in [4.69, 9.17) is 9.88 Å². The summed E-state index contributed by atoms with van der Waals surface area (Å²) >= 11 is 0. The molecule has 0 saturated heterocycles. The van der Waals surface area contributed by atoms with Gasteiger partial charge in [0.05, 0.1) is 0 Å². The van der Waals surface area contributed by atoms with Crippen LogP contribution in [0.3, 0.4) is 0 Å². The first-order chi connectivity index (χ1) is 9.53. The molecule has 0 fully saturated rings. The molecule has 0 aromatic heterocycles. The van der Waals surface area contributed by atoms with Crippen LogP contribution in [-0.4, -0.2) is 15.0 Å². The van der Waals surface area contributed by atoms with E-state index in [1.807, 2.05) is 6.07 Å². The molecule has 1 heterocycles. The molecule has 108 valence electrons. The maximum absolute atomic E-state index is 10.9. The number of nitrogens with two attached hydrogens (primary N) is 1. The average molecular weight is 295 g/mol. The monoisotopic (exact) mass is 295 g/mol. The van der Waals surface area contributed by atoms with E-state index in [2.05, 4.69) is 4.18 Å². The predicted molar refractivity (Wildman–Crippen MR) is 75.7 cm³/mol. The summed E-state index contributed by atoms with van der Waals surface area (Å²) in [4.78, 5) is 0. The van der Waals surface area contributed by atoms with Gasteiger partial charge in [0.25, 0.3) is 0 Å².